The minimum atomic E-state index is 1.04. The van der Waals surface area contributed by atoms with Gasteiger partial charge in [0, 0.05) is 11.8 Å². The number of hydrogen-bond donors (Lipinski definition) is 0. The average Bonchev–Trinajstić information content (AvgIpc) is 2.12. The lowest BCUT2D eigenvalue weighted by atomic mass is 10.0. The van der Waals surface area contributed by atoms with Crippen molar-refractivity contribution in [2.45, 2.75) is 20.8 Å². The van der Waals surface area contributed by atoms with Crippen LogP contribution in [0.5, 0.6) is 0 Å². The maximum atomic E-state index is 4.34. The van der Waals surface area contributed by atoms with Gasteiger partial charge in [-0.1, -0.05) is 24.8 Å². The Kier molecular flexibility index (Phi) is 3.02. The van der Waals surface area contributed by atoms with Crippen LogP contribution in [0, 0.1) is 13.8 Å². The Morgan fingerprint density at radius 1 is 1.23 bits per heavy atom. The lowest BCUT2D eigenvalue weighted by Crippen LogP contribution is -1.85. The molecule has 1 rings (SSSR count). The third kappa shape index (κ3) is 1.86. The van der Waals surface area contributed by atoms with Gasteiger partial charge in [-0.15, -0.1) is 0 Å². The van der Waals surface area contributed by atoms with E-state index in [4.69, 9.17) is 0 Å². The quantitative estimate of drug-likeness (QED) is 0.605. The van der Waals surface area contributed by atoms with Crippen LogP contribution in [0.3, 0.4) is 0 Å². The Labute approximate surface area is 79.8 Å². The molecular weight excluding hydrogens is 158 g/mol. The summed E-state index contributed by atoms with van der Waals surface area (Å²) < 4.78 is 0. The van der Waals surface area contributed by atoms with Crippen LogP contribution < -0.4 is 0 Å². The summed E-state index contributed by atoms with van der Waals surface area (Å²) in [6.45, 7) is 9.87. The molecule has 0 saturated carbocycles. The molecule has 68 valence electrons. The number of hydrogen-bond acceptors (Lipinski definition) is 1. The SMILES string of the molecule is C=Cc1c(C)ccc(C)c1N=CC. The Balaban J connectivity index is 3.42. The van der Waals surface area contributed by atoms with Crippen molar-refractivity contribution >= 4 is 18.0 Å². The van der Waals surface area contributed by atoms with Gasteiger partial charge in [-0.2, -0.15) is 0 Å². The van der Waals surface area contributed by atoms with E-state index in [1.165, 1.54) is 11.1 Å². The van der Waals surface area contributed by atoms with E-state index in [1.807, 2.05) is 19.2 Å². The van der Waals surface area contributed by atoms with Crippen molar-refractivity contribution in [1.29, 1.82) is 0 Å². The standard InChI is InChI=1S/C12H15N/c1-5-11-9(3)7-8-10(4)12(11)13-6-2/h5-8H,1H2,2-4H3. The molecule has 0 bridgehead atoms. The van der Waals surface area contributed by atoms with Gasteiger partial charge in [0.05, 0.1) is 5.69 Å². The first kappa shape index (κ1) is 9.72. The van der Waals surface area contributed by atoms with Crippen molar-refractivity contribution in [2.24, 2.45) is 4.99 Å². The summed E-state index contributed by atoms with van der Waals surface area (Å²) in [7, 11) is 0. The topological polar surface area (TPSA) is 12.4 Å². The molecule has 13 heavy (non-hydrogen) atoms. The van der Waals surface area contributed by atoms with Crippen LogP contribution in [0.15, 0.2) is 23.7 Å². The summed E-state index contributed by atoms with van der Waals surface area (Å²) >= 11 is 0. The van der Waals surface area contributed by atoms with Crippen LogP contribution in [0.1, 0.15) is 23.6 Å². The van der Waals surface area contributed by atoms with E-state index < -0.39 is 0 Å². The van der Waals surface area contributed by atoms with Crippen molar-refractivity contribution in [3.8, 4) is 0 Å². The van der Waals surface area contributed by atoms with Gasteiger partial charge < -0.3 is 0 Å². The normalized spacial score (nSPS) is 10.7. The summed E-state index contributed by atoms with van der Waals surface area (Å²) in [5.74, 6) is 0. The van der Waals surface area contributed by atoms with Crippen molar-refractivity contribution < 1.29 is 0 Å². The van der Waals surface area contributed by atoms with Crippen LogP contribution >= 0.6 is 0 Å². The molecule has 0 radical (unpaired) electrons. The highest BCUT2D eigenvalue weighted by atomic mass is 14.7. The number of benzene rings is 1. The van der Waals surface area contributed by atoms with Gasteiger partial charge in [0.25, 0.3) is 0 Å². The highest BCUT2D eigenvalue weighted by Gasteiger charge is 2.03. The molecule has 1 heteroatoms. The van der Waals surface area contributed by atoms with E-state index in [2.05, 4.69) is 37.6 Å². The highest BCUT2D eigenvalue weighted by molar-refractivity contribution is 5.73. The van der Waals surface area contributed by atoms with Gasteiger partial charge >= 0.3 is 0 Å². The minimum Gasteiger partial charge on any atom is -0.261 e. The van der Waals surface area contributed by atoms with Crippen LogP contribution in [0.2, 0.25) is 0 Å². The Morgan fingerprint density at radius 2 is 1.85 bits per heavy atom. The summed E-state index contributed by atoms with van der Waals surface area (Å²) in [4.78, 5) is 4.34. The second-order valence-electron chi connectivity index (χ2n) is 3.05. The lowest BCUT2D eigenvalue weighted by Gasteiger charge is -2.07. The second kappa shape index (κ2) is 4.04. The monoisotopic (exact) mass is 173 g/mol. The molecule has 0 aliphatic heterocycles. The van der Waals surface area contributed by atoms with Gasteiger partial charge in [0.2, 0.25) is 0 Å². The van der Waals surface area contributed by atoms with Crippen molar-refractivity contribution in [3.63, 3.8) is 0 Å². The fourth-order valence-corrected chi connectivity index (χ4v) is 1.38. The molecule has 0 aliphatic carbocycles. The average molecular weight is 173 g/mol. The summed E-state index contributed by atoms with van der Waals surface area (Å²) in [5.41, 5.74) is 4.59. The summed E-state index contributed by atoms with van der Waals surface area (Å²) in [6.07, 6.45) is 3.68. The minimum absolute atomic E-state index is 1.04. The highest BCUT2D eigenvalue weighted by Crippen LogP contribution is 2.27. The molecule has 0 aliphatic rings. The fraction of sp³-hybridized carbons (Fsp3) is 0.250. The van der Waals surface area contributed by atoms with Crippen molar-refractivity contribution in [2.75, 3.05) is 0 Å². The largest absolute Gasteiger partial charge is 0.261 e. The van der Waals surface area contributed by atoms with E-state index in [-0.39, 0.29) is 0 Å². The first-order chi connectivity index (χ1) is 6.20. The second-order valence-corrected chi connectivity index (χ2v) is 3.05. The third-order valence-corrected chi connectivity index (χ3v) is 2.10. The van der Waals surface area contributed by atoms with E-state index in [1.54, 1.807) is 0 Å². The smallest absolute Gasteiger partial charge is 0.0729 e. The van der Waals surface area contributed by atoms with Crippen LogP contribution in [-0.2, 0) is 0 Å². The molecular formula is C12H15N. The van der Waals surface area contributed by atoms with E-state index >= 15 is 0 Å². The van der Waals surface area contributed by atoms with Gasteiger partial charge in [0.15, 0.2) is 0 Å². The summed E-state index contributed by atoms with van der Waals surface area (Å²) in [5, 5.41) is 0. The Morgan fingerprint density at radius 3 is 2.38 bits per heavy atom. The van der Waals surface area contributed by atoms with Crippen molar-refractivity contribution in [1.82, 2.24) is 0 Å². The number of aliphatic imine (C=N–C) groups is 1. The van der Waals surface area contributed by atoms with Crippen LogP contribution in [0.25, 0.3) is 6.08 Å². The maximum absolute atomic E-state index is 4.34. The number of rotatable bonds is 2. The molecule has 0 fully saturated rings. The van der Waals surface area contributed by atoms with E-state index in [0.717, 1.165) is 11.3 Å². The zero-order chi connectivity index (χ0) is 9.84. The number of aryl methyl sites for hydroxylation is 2. The number of nitrogens with zero attached hydrogens (tertiary/aromatic N) is 1. The van der Waals surface area contributed by atoms with E-state index in [0.29, 0.717) is 0 Å². The van der Waals surface area contributed by atoms with E-state index in [9.17, 15) is 0 Å². The molecule has 0 atom stereocenters. The first-order valence-corrected chi connectivity index (χ1v) is 4.42. The predicted octanol–water partition coefficient (Wildman–Crippen LogP) is 3.67. The first-order valence-electron chi connectivity index (χ1n) is 4.42. The predicted molar refractivity (Wildman–Crippen MR) is 59.8 cm³/mol. The fourth-order valence-electron chi connectivity index (χ4n) is 1.38. The third-order valence-electron chi connectivity index (χ3n) is 2.10. The molecule has 1 aromatic rings. The Bertz CT molecular complexity index is 348. The van der Waals surface area contributed by atoms with Crippen LogP contribution in [-0.4, -0.2) is 6.21 Å². The van der Waals surface area contributed by atoms with Gasteiger partial charge in [-0.25, -0.2) is 0 Å². The molecule has 1 nitrogen and oxygen atoms in total. The molecule has 0 unspecified atom stereocenters. The molecule has 0 heterocycles. The molecule has 1 aromatic carbocycles. The van der Waals surface area contributed by atoms with Crippen molar-refractivity contribution in [3.05, 3.63) is 35.4 Å². The molecule has 0 saturated heterocycles. The summed E-state index contributed by atoms with van der Waals surface area (Å²) in [6, 6.07) is 4.19. The molecule has 0 aromatic heterocycles. The molecule has 0 amide bonds. The van der Waals surface area contributed by atoms with Gasteiger partial charge in [-0.3, -0.25) is 4.99 Å². The lowest BCUT2D eigenvalue weighted by molar-refractivity contribution is 1.33. The van der Waals surface area contributed by atoms with Gasteiger partial charge in [0.1, 0.15) is 0 Å². The molecule has 0 spiro atoms. The molecule has 0 N–H and O–H groups in total. The van der Waals surface area contributed by atoms with Crippen LogP contribution in [0.4, 0.5) is 5.69 Å². The Hall–Kier alpha value is -1.37. The maximum Gasteiger partial charge on any atom is 0.0729 e. The zero-order valence-electron chi connectivity index (χ0n) is 8.46. The van der Waals surface area contributed by atoms with Gasteiger partial charge in [-0.05, 0) is 31.9 Å². The zero-order valence-corrected chi connectivity index (χ0v) is 8.46.